The molecule has 6 heteroatoms. The highest BCUT2D eigenvalue weighted by Gasteiger charge is 2.37. The first kappa shape index (κ1) is 15.7. The molecule has 0 fully saturated rings. The van der Waals surface area contributed by atoms with Gasteiger partial charge < -0.3 is 10.0 Å². The van der Waals surface area contributed by atoms with Gasteiger partial charge in [0, 0.05) is 25.8 Å². The first-order chi connectivity index (χ1) is 10.4. The summed E-state index contributed by atoms with van der Waals surface area (Å²) in [6.07, 6.45) is 0.319. The Labute approximate surface area is 127 Å². The van der Waals surface area contributed by atoms with Gasteiger partial charge in [0.05, 0.1) is 10.5 Å². The van der Waals surface area contributed by atoms with Crippen LogP contribution < -0.4 is 4.90 Å². The van der Waals surface area contributed by atoms with Crippen LogP contribution in [-0.2, 0) is 10.4 Å². The minimum Gasteiger partial charge on any atom is -0.377 e. The third-order valence-corrected chi connectivity index (χ3v) is 3.49. The monoisotopic (exact) mass is 300 g/mol. The third kappa shape index (κ3) is 2.68. The average molecular weight is 300 g/mol. The van der Waals surface area contributed by atoms with Gasteiger partial charge in [0.2, 0.25) is 0 Å². The lowest BCUT2D eigenvalue weighted by Gasteiger charge is -2.23. The molecule has 1 unspecified atom stereocenters. The van der Waals surface area contributed by atoms with Gasteiger partial charge in [-0.1, -0.05) is 30.3 Å². The predicted molar refractivity (Wildman–Crippen MR) is 82.9 cm³/mol. The summed E-state index contributed by atoms with van der Waals surface area (Å²) in [5, 5.41) is 22.1. The van der Waals surface area contributed by atoms with Gasteiger partial charge in [-0.05, 0) is 17.7 Å². The maximum Gasteiger partial charge on any atom is 0.278 e. The summed E-state index contributed by atoms with van der Waals surface area (Å²) in [5.74, 6) is 0. The predicted octanol–water partition coefficient (Wildman–Crippen LogP) is 2.10. The number of carbonyl (C=O) groups is 1. The van der Waals surface area contributed by atoms with Gasteiger partial charge in [-0.3, -0.25) is 14.9 Å². The van der Waals surface area contributed by atoms with Crippen molar-refractivity contribution in [2.24, 2.45) is 0 Å². The van der Waals surface area contributed by atoms with Crippen LogP contribution in [0.5, 0.6) is 0 Å². The molecule has 0 saturated carbocycles. The Bertz CT molecular complexity index is 701. The molecule has 114 valence electrons. The van der Waals surface area contributed by atoms with Gasteiger partial charge in [-0.25, -0.2) is 0 Å². The molecule has 0 saturated heterocycles. The Morgan fingerprint density at radius 1 is 1.18 bits per heavy atom. The van der Waals surface area contributed by atoms with Crippen LogP contribution in [0.15, 0.2) is 48.5 Å². The van der Waals surface area contributed by atoms with Crippen molar-refractivity contribution in [2.45, 2.75) is 5.60 Å². The number of nitro groups is 1. The molecule has 22 heavy (non-hydrogen) atoms. The lowest BCUT2D eigenvalue weighted by Crippen LogP contribution is -2.30. The van der Waals surface area contributed by atoms with E-state index in [4.69, 9.17) is 0 Å². The molecule has 6 nitrogen and oxygen atoms in total. The number of benzene rings is 2. The van der Waals surface area contributed by atoms with Crippen LogP contribution in [0.3, 0.4) is 0 Å². The fourth-order valence-corrected chi connectivity index (χ4v) is 2.25. The summed E-state index contributed by atoms with van der Waals surface area (Å²) in [4.78, 5) is 24.0. The number of hydrogen-bond acceptors (Lipinski definition) is 5. The van der Waals surface area contributed by atoms with Crippen molar-refractivity contribution in [3.63, 3.8) is 0 Å². The summed E-state index contributed by atoms with van der Waals surface area (Å²) in [7, 11) is 3.50. The highest BCUT2D eigenvalue weighted by atomic mass is 16.6. The van der Waals surface area contributed by atoms with Crippen molar-refractivity contribution in [2.75, 3.05) is 19.0 Å². The van der Waals surface area contributed by atoms with Gasteiger partial charge >= 0.3 is 0 Å². The zero-order valence-electron chi connectivity index (χ0n) is 12.3. The molecule has 1 atom stereocenters. The van der Waals surface area contributed by atoms with Crippen molar-refractivity contribution in [3.05, 3.63) is 69.8 Å². The number of nitrogens with zero attached hydrogens (tertiary/aromatic N) is 2. The quantitative estimate of drug-likeness (QED) is 0.519. The molecule has 2 aromatic carbocycles. The lowest BCUT2D eigenvalue weighted by molar-refractivity contribution is -0.386. The third-order valence-electron chi connectivity index (χ3n) is 3.49. The Kier molecular flexibility index (Phi) is 4.23. The molecular formula is C16H16N2O4. The second kappa shape index (κ2) is 5.95. The largest absolute Gasteiger partial charge is 0.377 e. The van der Waals surface area contributed by atoms with E-state index in [0.29, 0.717) is 12.0 Å². The number of aldehydes is 1. The van der Waals surface area contributed by atoms with E-state index in [9.17, 15) is 20.0 Å². The van der Waals surface area contributed by atoms with E-state index < -0.39 is 10.5 Å². The number of anilines is 1. The normalized spacial score (nSPS) is 13.2. The van der Waals surface area contributed by atoms with E-state index in [0.717, 1.165) is 0 Å². The van der Waals surface area contributed by atoms with Crippen molar-refractivity contribution in [1.82, 2.24) is 0 Å². The molecule has 0 bridgehead atoms. The summed E-state index contributed by atoms with van der Waals surface area (Å²) in [6.45, 7) is 0. The topological polar surface area (TPSA) is 83.7 Å². The molecule has 0 amide bonds. The van der Waals surface area contributed by atoms with Gasteiger partial charge in [0.15, 0.2) is 11.9 Å². The molecular weight excluding hydrogens is 284 g/mol. The average Bonchev–Trinajstić information content (AvgIpc) is 2.54. The fourth-order valence-electron chi connectivity index (χ4n) is 2.25. The molecule has 1 N–H and O–H groups in total. The van der Waals surface area contributed by atoms with E-state index >= 15 is 0 Å². The Morgan fingerprint density at radius 3 is 2.32 bits per heavy atom. The number of nitro benzene ring substituents is 1. The second-order valence-corrected chi connectivity index (χ2v) is 5.10. The van der Waals surface area contributed by atoms with Crippen LogP contribution in [0.2, 0.25) is 0 Å². The number of aliphatic hydroxyl groups is 1. The Hall–Kier alpha value is -2.73. The number of carbonyl (C=O) groups excluding carboxylic acids is 1. The van der Waals surface area contributed by atoms with Crippen LogP contribution in [0.1, 0.15) is 11.1 Å². The summed E-state index contributed by atoms with van der Waals surface area (Å²) in [6, 6.07) is 12.5. The minimum absolute atomic E-state index is 0.0516. The van der Waals surface area contributed by atoms with Gasteiger partial charge in [0.25, 0.3) is 5.69 Å². The highest BCUT2D eigenvalue weighted by Crippen LogP contribution is 2.36. The van der Waals surface area contributed by atoms with Crippen LogP contribution in [0.25, 0.3) is 0 Å². The Morgan fingerprint density at radius 2 is 1.82 bits per heavy atom. The van der Waals surface area contributed by atoms with Crippen LogP contribution in [-0.4, -0.2) is 30.4 Å². The van der Waals surface area contributed by atoms with Gasteiger partial charge in [-0.2, -0.15) is 0 Å². The van der Waals surface area contributed by atoms with Crippen LogP contribution in [0, 0.1) is 10.1 Å². The highest BCUT2D eigenvalue weighted by molar-refractivity contribution is 5.76. The molecule has 2 rings (SSSR count). The summed E-state index contributed by atoms with van der Waals surface area (Å²) in [5.41, 5.74) is -1.52. The van der Waals surface area contributed by atoms with E-state index in [1.807, 2.05) is 0 Å². The van der Waals surface area contributed by atoms with Crippen LogP contribution >= 0.6 is 0 Å². The Balaban J connectivity index is 2.68. The number of rotatable bonds is 5. The smallest absolute Gasteiger partial charge is 0.278 e. The second-order valence-electron chi connectivity index (χ2n) is 5.10. The van der Waals surface area contributed by atoms with E-state index in [2.05, 4.69) is 0 Å². The maximum atomic E-state index is 11.5. The number of hydrogen-bond donors (Lipinski definition) is 1. The molecule has 0 radical (unpaired) electrons. The van der Waals surface area contributed by atoms with Crippen molar-refractivity contribution >= 4 is 17.7 Å². The van der Waals surface area contributed by atoms with Crippen molar-refractivity contribution in [1.29, 1.82) is 0 Å². The van der Waals surface area contributed by atoms with E-state index in [1.165, 1.54) is 12.1 Å². The fraction of sp³-hybridized carbons (Fsp3) is 0.188. The van der Waals surface area contributed by atoms with Gasteiger partial charge in [-0.15, -0.1) is 0 Å². The molecule has 0 aliphatic heterocycles. The lowest BCUT2D eigenvalue weighted by atomic mass is 9.86. The molecule has 0 aliphatic rings. The van der Waals surface area contributed by atoms with Gasteiger partial charge in [0.1, 0.15) is 0 Å². The standard InChI is InChI=1S/C16H16N2O4/c1-17(2)13-8-9-14(15(10-13)18(21)22)16(20,11-19)12-6-4-3-5-7-12/h3-11,20H,1-2H3. The first-order valence-corrected chi connectivity index (χ1v) is 6.60. The van der Waals surface area contributed by atoms with Crippen molar-refractivity contribution < 1.29 is 14.8 Å². The minimum atomic E-state index is -2.06. The molecule has 2 aromatic rings. The van der Waals surface area contributed by atoms with Crippen molar-refractivity contribution in [3.8, 4) is 0 Å². The van der Waals surface area contributed by atoms with Crippen LogP contribution in [0.4, 0.5) is 11.4 Å². The van der Waals surface area contributed by atoms with E-state index in [-0.39, 0.29) is 16.8 Å². The molecule has 0 aliphatic carbocycles. The molecule has 0 heterocycles. The SMILES string of the molecule is CN(C)c1ccc(C(O)(C=O)c2ccccc2)c([N+](=O)[O-])c1. The zero-order chi connectivity index (χ0) is 16.3. The van der Waals surface area contributed by atoms with E-state index in [1.54, 1.807) is 55.4 Å². The molecule has 0 aromatic heterocycles. The summed E-state index contributed by atoms with van der Waals surface area (Å²) >= 11 is 0. The summed E-state index contributed by atoms with van der Waals surface area (Å²) < 4.78 is 0. The maximum absolute atomic E-state index is 11.5. The molecule has 0 spiro atoms. The zero-order valence-corrected chi connectivity index (χ0v) is 12.3. The first-order valence-electron chi connectivity index (χ1n) is 6.60.